The quantitative estimate of drug-likeness (QED) is 0.612. The average Bonchev–Trinajstić information content (AvgIpc) is 2.83. The summed E-state index contributed by atoms with van der Waals surface area (Å²) in [4.78, 5) is 40.6. The Hall–Kier alpha value is -3.40. The van der Waals surface area contributed by atoms with Gasteiger partial charge in [-0.1, -0.05) is 42.5 Å². The fourth-order valence-electron chi connectivity index (χ4n) is 3.62. The van der Waals surface area contributed by atoms with Crippen LogP contribution in [-0.2, 0) is 25.1 Å². The fraction of sp³-hybridized carbons (Fsp3) is 0.375. The Labute approximate surface area is 199 Å². The summed E-state index contributed by atoms with van der Waals surface area (Å²) >= 11 is 0. The number of benzene rings is 2. The van der Waals surface area contributed by atoms with E-state index in [0.29, 0.717) is 49.6 Å². The Kier molecular flexibility index (Phi) is 8.64. The standard InChI is InChI=1S/C24H29N3O6S/c1-2-33-24(30)27-15-13-26(14-16-27)23(29)20-10-6-7-11-21(20)25-22(28)12-17-34(31,32)18-19-8-4-3-5-9-19/h3-11H,2,12-18H2,1H3,(H,25,28). The second-order valence-electron chi connectivity index (χ2n) is 7.90. The highest BCUT2D eigenvalue weighted by Crippen LogP contribution is 2.19. The van der Waals surface area contributed by atoms with Crippen LogP contribution in [0.2, 0.25) is 0 Å². The van der Waals surface area contributed by atoms with Crippen molar-refractivity contribution < 1.29 is 27.5 Å². The molecule has 0 aromatic heterocycles. The van der Waals surface area contributed by atoms with Gasteiger partial charge in [0.2, 0.25) is 5.91 Å². The number of para-hydroxylation sites is 1. The van der Waals surface area contributed by atoms with Crippen molar-refractivity contribution in [1.82, 2.24) is 9.80 Å². The van der Waals surface area contributed by atoms with Gasteiger partial charge in [-0.15, -0.1) is 0 Å². The van der Waals surface area contributed by atoms with Gasteiger partial charge in [0, 0.05) is 32.6 Å². The molecule has 182 valence electrons. The van der Waals surface area contributed by atoms with Crippen LogP contribution in [0.15, 0.2) is 54.6 Å². The molecule has 0 spiro atoms. The van der Waals surface area contributed by atoms with Crippen LogP contribution in [0.1, 0.15) is 29.3 Å². The first-order valence-corrected chi connectivity index (χ1v) is 13.0. The van der Waals surface area contributed by atoms with Crippen LogP contribution in [0.3, 0.4) is 0 Å². The van der Waals surface area contributed by atoms with Crippen LogP contribution < -0.4 is 5.32 Å². The number of ether oxygens (including phenoxy) is 1. The zero-order valence-electron chi connectivity index (χ0n) is 19.1. The first-order valence-electron chi connectivity index (χ1n) is 11.1. The zero-order valence-corrected chi connectivity index (χ0v) is 19.9. The van der Waals surface area contributed by atoms with Crippen LogP contribution in [0.4, 0.5) is 10.5 Å². The molecule has 9 nitrogen and oxygen atoms in total. The van der Waals surface area contributed by atoms with Crippen LogP contribution in [0.25, 0.3) is 0 Å². The van der Waals surface area contributed by atoms with Crippen LogP contribution in [0, 0.1) is 0 Å². The molecule has 2 aromatic rings. The van der Waals surface area contributed by atoms with Crippen molar-refractivity contribution in [2.75, 3.05) is 43.9 Å². The molecule has 1 saturated heterocycles. The van der Waals surface area contributed by atoms with Gasteiger partial charge in [-0.05, 0) is 24.6 Å². The Morgan fingerprint density at radius 3 is 2.21 bits per heavy atom. The Morgan fingerprint density at radius 2 is 1.53 bits per heavy atom. The third-order valence-electron chi connectivity index (χ3n) is 5.39. The Morgan fingerprint density at radius 1 is 0.912 bits per heavy atom. The van der Waals surface area contributed by atoms with E-state index in [2.05, 4.69) is 5.32 Å². The smallest absolute Gasteiger partial charge is 0.409 e. The van der Waals surface area contributed by atoms with Gasteiger partial charge in [0.25, 0.3) is 5.91 Å². The van der Waals surface area contributed by atoms with E-state index in [1.807, 2.05) is 6.07 Å². The number of hydrogen-bond acceptors (Lipinski definition) is 6. The van der Waals surface area contributed by atoms with Crippen LogP contribution in [0.5, 0.6) is 0 Å². The van der Waals surface area contributed by atoms with E-state index in [0.717, 1.165) is 0 Å². The number of carbonyl (C=O) groups is 3. The van der Waals surface area contributed by atoms with Gasteiger partial charge >= 0.3 is 6.09 Å². The molecule has 34 heavy (non-hydrogen) atoms. The topological polar surface area (TPSA) is 113 Å². The molecule has 0 bridgehead atoms. The van der Waals surface area contributed by atoms with Crippen molar-refractivity contribution in [3.63, 3.8) is 0 Å². The first kappa shape index (κ1) is 25.2. The maximum absolute atomic E-state index is 13.1. The van der Waals surface area contributed by atoms with Crippen molar-refractivity contribution in [1.29, 1.82) is 0 Å². The third-order valence-corrected chi connectivity index (χ3v) is 6.99. The molecule has 0 radical (unpaired) electrons. The summed E-state index contributed by atoms with van der Waals surface area (Å²) in [6.07, 6.45) is -0.611. The van der Waals surface area contributed by atoms with E-state index < -0.39 is 21.8 Å². The second kappa shape index (κ2) is 11.6. The van der Waals surface area contributed by atoms with E-state index in [4.69, 9.17) is 4.74 Å². The van der Waals surface area contributed by atoms with Gasteiger partial charge in [-0.3, -0.25) is 9.59 Å². The summed E-state index contributed by atoms with van der Waals surface area (Å²) in [6.45, 7) is 3.44. The van der Waals surface area contributed by atoms with Crippen molar-refractivity contribution in [2.24, 2.45) is 0 Å². The molecule has 1 aliphatic heterocycles. The van der Waals surface area contributed by atoms with Crippen molar-refractivity contribution in [3.05, 3.63) is 65.7 Å². The van der Waals surface area contributed by atoms with Gasteiger partial charge in [0.1, 0.15) is 0 Å². The van der Waals surface area contributed by atoms with E-state index in [9.17, 15) is 22.8 Å². The van der Waals surface area contributed by atoms with Gasteiger partial charge in [-0.2, -0.15) is 0 Å². The number of rotatable bonds is 8. The maximum Gasteiger partial charge on any atom is 0.409 e. The number of carbonyl (C=O) groups excluding carboxylic acids is 3. The molecule has 2 aromatic carbocycles. The predicted molar refractivity (Wildman–Crippen MR) is 128 cm³/mol. The second-order valence-corrected chi connectivity index (χ2v) is 10.1. The van der Waals surface area contributed by atoms with E-state index in [-0.39, 0.29) is 23.8 Å². The summed E-state index contributed by atoms with van der Waals surface area (Å²) in [5, 5.41) is 2.68. The molecule has 3 amide bonds. The largest absolute Gasteiger partial charge is 0.450 e. The number of anilines is 1. The normalized spacial score (nSPS) is 13.9. The number of amides is 3. The summed E-state index contributed by atoms with van der Waals surface area (Å²) in [7, 11) is -3.46. The average molecular weight is 488 g/mol. The minimum atomic E-state index is -3.46. The number of nitrogens with zero attached hydrogens (tertiary/aromatic N) is 2. The summed E-state index contributed by atoms with van der Waals surface area (Å²) in [6, 6.07) is 15.4. The third kappa shape index (κ3) is 7.05. The van der Waals surface area contributed by atoms with Crippen LogP contribution in [-0.4, -0.2) is 74.7 Å². The summed E-state index contributed by atoms with van der Waals surface area (Å²) in [5.41, 5.74) is 1.31. The molecule has 0 aliphatic carbocycles. The lowest BCUT2D eigenvalue weighted by atomic mass is 10.1. The highest BCUT2D eigenvalue weighted by molar-refractivity contribution is 7.90. The van der Waals surface area contributed by atoms with Gasteiger partial charge in [0.15, 0.2) is 9.84 Å². The fourth-order valence-corrected chi connectivity index (χ4v) is 4.96. The maximum atomic E-state index is 13.1. The molecule has 3 rings (SSSR count). The minimum Gasteiger partial charge on any atom is -0.450 e. The molecule has 0 atom stereocenters. The zero-order chi connectivity index (χ0) is 24.6. The Balaban J connectivity index is 1.57. The molecule has 10 heteroatoms. The Bertz CT molecular complexity index is 1110. The lowest BCUT2D eigenvalue weighted by molar-refractivity contribution is -0.115. The number of hydrogen-bond donors (Lipinski definition) is 1. The van der Waals surface area contributed by atoms with E-state index in [1.54, 1.807) is 65.3 Å². The summed E-state index contributed by atoms with van der Waals surface area (Å²) in [5.74, 6) is -1.17. The molecule has 0 saturated carbocycles. The van der Waals surface area contributed by atoms with Gasteiger partial charge in [-0.25, -0.2) is 13.2 Å². The van der Waals surface area contributed by atoms with Crippen LogP contribution >= 0.6 is 0 Å². The lowest BCUT2D eigenvalue weighted by Gasteiger charge is -2.34. The molecule has 0 unspecified atom stereocenters. The monoisotopic (exact) mass is 487 g/mol. The minimum absolute atomic E-state index is 0.131. The van der Waals surface area contributed by atoms with Gasteiger partial charge in [0.05, 0.1) is 29.4 Å². The van der Waals surface area contributed by atoms with E-state index >= 15 is 0 Å². The molecule has 1 aliphatic rings. The lowest BCUT2D eigenvalue weighted by Crippen LogP contribution is -2.50. The molecule has 1 fully saturated rings. The highest BCUT2D eigenvalue weighted by Gasteiger charge is 2.27. The first-order chi connectivity index (χ1) is 16.3. The van der Waals surface area contributed by atoms with Crippen molar-refractivity contribution >= 4 is 33.4 Å². The molecule has 1 heterocycles. The molecular formula is C24H29N3O6S. The van der Waals surface area contributed by atoms with Gasteiger partial charge < -0.3 is 19.9 Å². The number of sulfone groups is 1. The predicted octanol–water partition coefficient (Wildman–Crippen LogP) is 2.54. The van der Waals surface area contributed by atoms with Crippen molar-refractivity contribution in [3.8, 4) is 0 Å². The summed E-state index contributed by atoms with van der Waals surface area (Å²) < 4.78 is 29.8. The van der Waals surface area contributed by atoms with E-state index in [1.165, 1.54) is 0 Å². The number of nitrogens with one attached hydrogen (secondary N) is 1. The SMILES string of the molecule is CCOC(=O)N1CCN(C(=O)c2ccccc2NC(=O)CCS(=O)(=O)Cc2ccccc2)CC1. The van der Waals surface area contributed by atoms with Crippen molar-refractivity contribution in [2.45, 2.75) is 19.1 Å². The highest BCUT2D eigenvalue weighted by atomic mass is 32.2. The number of piperazine rings is 1. The molecule has 1 N–H and O–H groups in total. The molecular weight excluding hydrogens is 458 g/mol.